The van der Waals surface area contributed by atoms with E-state index in [1.165, 1.54) is 0 Å². The summed E-state index contributed by atoms with van der Waals surface area (Å²) in [5, 5.41) is 5.43. The number of imide groups is 1. The summed E-state index contributed by atoms with van der Waals surface area (Å²) < 4.78 is 0. The van der Waals surface area contributed by atoms with Gasteiger partial charge in [-0.1, -0.05) is 12.1 Å². The lowest BCUT2D eigenvalue weighted by atomic mass is 9.97. The third kappa shape index (κ3) is 4.66. The van der Waals surface area contributed by atoms with Crippen molar-refractivity contribution in [2.75, 3.05) is 24.5 Å². The molecule has 1 aromatic carbocycles. The summed E-state index contributed by atoms with van der Waals surface area (Å²) in [6.07, 6.45) is 5.42. The molecule has 0 aliphatic carbocycles. The molecule has 9 nitrogen and oxygen atoms in total. The number of H-pyrrole nitrogens is 1. The summed E-state index contributed by atoms with van der Waals surface area (Å²) in [6.45, 7) is 3.43. The van der Waals surface area contributed by atoms with Crippen LogP contribution in [0.3, 0.4) is 0 Å². The number of nitrogens with zero attached hydrogens (tertiary/aromatic N) is 4. The van der Waals surface area contributed by atoms with Crippen molar-refractivity contribution in [2.24, 2.45) is 5.92 Å². The molecule has 10 heteroatoms. The van der Waals surface area contributed by atoms with Gasteiger partial charge in [0.25, 0.3) is 11.1 Å². The number of thioether (sulfide) groups is 1. The van der Waals surface area contributed by atoms with Crippen molar-refractivity contribution in [3.63, 3.8) is 0 Å². The summed E-state index contributed by atoms with van der Waals surface area (Å²) in [5.41, 5.74) is 2.68. The number of piperidine rings is 1. The minimum Gasteiger partial charge on any atom is -0.341 e. The molecule has 3 N–H and O–H groups in total. The fourth-order valence-electron chi connectivity index (χ4n) is 3.97. The van der Waals surface area contributed by atoms with E-state index in [0.29, 0.717) is 22.5 Å². The monoisotopic (exact) mass is 449 g/mol. The van der Waals surface area contributed by atoms with Crippen molar-refractivity contribution in [3.05, 3.63) is 53.0 Å². The largest absolute Gasteiger partial charge is 0.341 e. The summed E-state index contributed by atoms with van der Waals surface area (Å²) in [7, 11) is 0. The van der Waals surface area contributed by atoms with Crippen LogP contribution in [0, 0.1) is 5.92 Å². The van der Waals surface area contributed by atoms with Crippen molar-refractivity contribution in [1.82, 2.24) is 30.6 Å². The molecular formula is C22H23N7O2S. The van der Waals surface area contributed by atoms with Crippen LogP contribution in [-0.4, -0.2) is 50.7 Å². The second-order valence-corrected chi connectivity index (χ2v) is 8.91. The molecule has 0 bridgehead atoms. The maximum Gasteiger partial charge on any atom is 0.290 e. The number of carbonyl (C=O) groups is 2. The average molecular weight is 450 g/mol. The number of hydrogen-bond acceptors (Lipinski definition) is 8. The molecule has 2 amide bonds. The number of aromatic amines is 1. The molecule has 4 heterocycles. The number of imidazole rings is 1. The van der Waals surface area contributed by atoms with E-state index in [0.717, 1.165) is 67.6 Å². The Morgan fingerprint density at radius 2 is 2.00 bits per heavy atom. The van der Waals surface area contributed by atoms with Gasteiger partial charge in [-0.05, 0) is 61.3 Å². The number of para-hydroxylation sites is 2. The molecule has 2 aromatic heterocycles. The zero-order valence-corrected chi connectivity index (χ0v) is 18.2. The van der Waals surface area contributed by atoms with Gasteiger partial charge >= 0.3 is 0 Å². The second kappa shape index (κ2) is 9.09. The number of carbonyl (C=O) groups excluding carboxylic acids is 2. The van der Waals surface area contributed by atoms with Gasteiger partial charge in [0.05, 0.1) is 28.2 Å². The van der Waals surface area contributed by atoms with Crippen LogP contribution in [0.1, 0.15) is 24.4 Å². The number of fused-ring (bicyclic) bond motifs is 1. The average Bonchev–Trinajstić information content (AvgIpc) is 3.36. The fourth-order valence-corrected chi connectivity index (χ4v) is 4.64. The van der Waals surface area contributed by atoms with Crippen molar-refractivity contribution < 1.29 is 9.59 Å². The number of benzene rings is 1. The molecule has 2 saturated heterocycles. The number of nitrogens with one attached hydrogen (secondary N) is 3. The van der Waals surface area contributed by atoms with Crippen LogP contribution in [0.5, 0.6) is 0 Å². The summed E-state index contributed by atoms with van der Waals surface area (Å²) in [4.78, 5) is 42.5. The smallest absolute Gasteiger partial charge is 0.290 e. The normalized spacial score (nSPS) is 18.6. The highest BCUT2D eigenvalue weighted by Gasteiger charge is 2.25. The topological polar surface area (TPSA) is 116 Å². The van der Waals surface area contributed by atoms with Crippen LogP contribution in [0.2, 0.25) is 0 Å². The first-order chi connectivity index (χ1) is 15.6. The first kappa shape index (κ1) is 20.7. The fraction of sp³-hybridized carbons (Fsp3) is 0.318. The highest BCUT2D eigenvalue weighted by atomic mass is 32.2. The molecule has 2 fully saturated rings. The number of amides is 2. The minimum absolute atomic E-state index is 0.355. The van der Waals surface area contributed by atoms with Gasteiger partial charge in [-0.15, -0.1) is 0 Å². The maximum absolute atomic E-state index is 11.7. The van der Waals surface area contributed by atoms with E-state index >= 15 is 0 Å². The summed E-state index contributed by atoms with van der Waals surface area (Å²) in [5.74, 6) is 1.82. The van der Waals surface area contributed by atoms with E-state index in [-0.39, 0.29) is 11.1 Å². The van der Waals surface area contributed by atoms with Crippen LogP contribution in [0.25, 0.3) is 17.1 Å². The van der Waals surface area contributed by atoms with Crippen molar-refractivity contribution in [3.8, 4) is 0 Å². The molecule has 0 radical (unpaired) electrons. The minimum atomic E-state index is -0.379. The number of hydrogen-bond donors (Lipinski definition) is 3. The molecule has 32 heavy (non-hydrogen) atoms. The van der Waals surface area contributed by atoms with Crippen LogP contribution in [-0.2, 0) is 11.3 Å². The van der Waals surface area contributed by atoms with E-state index in [1.54, 1.807) is 18.3 Å². The van der Waals surface area contributed by atoms with Gasteiger partial charge in [0, 0.05) is 19.3 Å². The summed E-state index contributed by atoms with van der Waals surface area (Å²) >= 11 is 0.891. The first-order valence-corrected chi connectivity index (χ1v) is 11.4. The van der Waals surface area contributed by atoms with Crippen molar-refractivity contribution in [2.45, 2.75) is 19.4 Å². The Morgan fingerprint density at radius 3 is 2.78 bits per heavy atom. The zero-order valence-electron chi connectivity index (χ0n) is 17.4. The van der Waals surface area contributed by atoms with Crippen LogP contribution >= 0.6 is 11.8 Å². The molecule has 164 valence electrons. The number of anilines is 1. The van der Waals surface area contributed by atoms with Gasteiger partial charge in [-0.3, -0.25) is 14.9 Å². The molecule has 2 aliphatic rings. The Bertz CT molecular complexity index is 1150. The third-order valence-electron chi connectivity index (χ3n) is 5.65. The Balaban J connectivity index is 1.12. The van der Waals surface area contributed by atoms with Gasteiger partial charge in [0.2, 0.25) is 5.95 Å². The third-order valence-corrected chi connectivity index (χ3v) is 6.46. The van der Waals surface area contributed by atoms with Crippen LogP contribution < -0.4 is 15.5 Å². The van der Waals surface area contributed by atoms with Gasteiger partial charge in [0.15, 0.2) is 0 Å². The predicted octanol–water partition coefficient (Wildman–Crippen LogP) is 2.68. The first-order valence-electron chi connectivity index (χ1n) is 10.6. The lowest BCUT2D eigenvalue weighted by Crippen LogP contribution is -2.38. The molecule has 0 saturated carbocycles. The van der Waals surface area contributed by atoms with E-state index < -0.39 is 0 Å². The standard InChI is InChI=1S/C22H23N7O2S/c30-20-18(32-22(31)28-20)11-15-5-8-24-21(25-15)29-9-6-14(7-10-29)12-23-13-19-26-16-3-1-2-4-17(16)27-19/h1-5,8,11,14,23H,6-7,9-10,12-13H2,(H,26,27)(H,28,30,31)/b18-11-. The Labute approximate surface area is 189 Å². The highest BCUT2D eigenvalue weighted by Crippen LogP contribution is 2.26. The molecule has 0 atom stereocenters. The molecular weight excluding hydrogens is 426 g/mol. The lowest BCUT2D eigenvalue weighted by molar-refractivity contribution is -0.115. The zero-order chi connectivity index (χ0) is 21.9. The van der Waals surface area contributed by atoms with E-state index in [9.17, 15) is 9.59 Å². The molecule has 3 aromatic rings. The van der Waals surface area contributed by atoms with E-state index in [2.05, 4.69) is 35.5 Å². The summed E-state index contributed by atoms with van der Waals surface area (Å²) in [6, 6.07) is 9.79. The molecule has 0 spiro atoms. The van der Waals surface area contributed by atoms with E-state index in [1.807, 2.05) is 24.3 Å². The van der Waals surface area contributed by atoms with Crippen molar-refractivity contribution >= 4 is 46.0 Å². The van der Waals surface area contributed by atoms with Crippen LogP contribution in [0.15, 0.2) is 41.4 Å². The number of aromatic nitrogens is 4. The van der Waals surface area contributed by atoms with Gasteiger partial charge in [0.1, 0.15) is 5.82 Å². The molecule has 2 aliphatic heterocycles. The van der Waals surface area contributed by atoms with Crippen molar-refractivity contribution in [1.29, 1.82) is 0 Å². The van der Waals surface area contributed by atoms with Gasteiger partial charge in [-0.25, -0.2) is 15.0 Å². The van der Waals surface area contributed by atoms with E-state index in [4.69, 9.17) is 0 Å². The predicted molar refractivity (Wildman–Crippen MR) is 124 cm³/mol. The highest BCUT2D eigenvalue weighted by molar-refractivity contribution is 8.18. The Kier molecular flexibility index (Phi) is 5.87. The Hall–Kier alpha value is -3.24. The molecule has 5 rings (SSSR count). The number of rotatable bonds is 6. The quantitative estimate of drug-likeness (QED) is 0.492. The van der Waals surface area contributed by atoms with Gasteiger partial charge < -0.3 is 15.2 Å². The molecule has 0 unspecified atom stereocenters. The van der Waals surface area contributed by atoms with Crippen LogP contribution in [0.4, 0.5) is 10.7 Å². The lowest BCUT2D eigenvalue weighted by Gasteiger charge is -2.32. The van der Waals surface area contributed by atoms with Gasteiger partial charge in [-0.2, -0.15) is 0 Å². The Morgan fingerprint density at radius 1 is 1.16 bits per heavy atom. The SMILES string of the molecule is O=C1NC(=O)/C(=C/c2ccnc(N3CCC(CNCc4nc5ccccc5[nH]4)CC3)n2)S1. The maximum atomic E-state index is 11.7. The second-order valence-electron chi connectivity index (χ2n) is 7.90.